The van der Waals surface area contributed by atoms with Crippen molar-refractivity contribution in [1.29, 1.82) is 0 Å². The second-order valence-corrected chi connectivity index (χ2v) is 5.42. The monoisotopic (exact) mass is 325 g/mol. The fourth-order valence-corrected chi connectivity index (χ4v) is 2.42. The minimum atomic E-state index is -0.180. The van der Waals surface area contributed by atoms with Crippen LogP contribution >= 0.6 is 15.9 Å². The van der Waals surface area contributed by atoms with Crippen LogP contribution < -0.4 is 5.32 Å². The summed E-state index contributed by atoms with van der Waals surface area (Å²) in [7, 11) is 0. The minimum absolute atomic E-state index is 0.0463. The highest BCUT2D eigenvalue weighted by Crippen LogP contribution is 2.25. The molecule has 2 nitrogen and oxygen atoms in total. The van der Waals surface area contributed by atoms with Gasteiger partial charge in [-0.25, -0.2) is 4.39 Å². The van der Waals surface area contributed by atoms with Crippen molar-refractivity contribution < 1.29 is 8.81 Å². The highest BCUT2D eigenvalue weighted by molar-refractivity contribution is 9.10. The van der Waals surface area contributed by atoms with Crippen molar-refractivity contribution in [1.82, 2.24) is 5.32 Å². The molecule has 1 heterocycles. The molecule has 0 aliphatic carbocycles. The average Bonchev–Trinajstić information content (AvgIpc) is 2.90. The van der Waals surface area contributed by atoms with E-state index >= 15 is 0 Å². The first-order chi connectivity index (χ1) is 9.20. The molecule has 0 radical (unpaired) electrons. The van der Waals surface area contributed by atoms with Crippen molar-refractivity contribution in [2.75, 3.05) is 6.54 Å². The lowest BCUT2D eigenvalue weighted by Gasteiger charge is -2.19. The lowest BCUT2D eigenvalue weighted by molar-refractivity contribution is 0.493. The first-order valence-corrected chi connectivity index (χ1v) is 7.19. The Hall–Kier alpha value is -1.13. The zero-order valence-electron chi connectivity index (χ0n) is 10.8. The summed E-state index contributed by atoms with van der Waals surface area (Å²) in [4.78, 5) is 0. The zero-order chi connectivity index (χ0) is 13.7. The van der Waals surface area contributed by atoms with Gasteiger partial charge in [0.1, 0.15) is 5.82 Å². The summed E-state index contributed by atoms with van der Waals surface area (Å²) in [5, 5.41) is 3.39. The van der Waals surface area contributed by atoms with Gasteiger partial charge in [0.25, 0.3) is 0 Å². The molecule has 1 aromatic carbocycles. The van der Waals surface area contributed by atoms with Gasteiger partial charge in [-0.2, -0.15) is 0 Å². The van der Waals surface area contributed by atoms with Crippen LogP contribution in [0.1, 0.15) is 30.5 Å². The third kappa shape index (κ3) is 3.91. The van der Waals surface area contributed by atoms with Gasteiger partial charge in [0.15, 0.2) is 0 Å². The largest absolute Gasteiger partial charge is 0.472 e. The summed E-state index contributed by atoms with van der Waals surface area (Å²) in [6.07, 6.45) is 5.07. The van der Waals surface area contributed by atoms with Crippen molar-refractivity contribution in [2.45, 2.75) is 25.8 Å². The molecule has 0 saturated heterocycles. The molecule has 0 fully saturated rings. The van der Waals surface area contributed by atoms with E-state index in [-0.39, 0.29) is 11.9 Å². The second-order valence-electron chi connectivity index (χ2n) is 4.51. The van der Waals surface area contributed by atoms with Crippen LogP contribution in [0.3, 0.4) is 0 Å². The third-order valence-corrected chi connectivity index (χ3v) is 3.49. The van der Waals surface area contributed by atoms with Crippen LogP contribution in [0.25, 0.3) is 0 Å². The number of hydrogen-bond donors (Lipinski definition) is 1. The van der Waals surface area contributed by atoms with E-state index in [0.717, 1.165) is 23.0 Å². The maximum absolute atomic E-state index is 14.0. The molecule has 102 valence electrons. The molecule has 0 aliphatic heterocycles. The number of halogens is 2. The van der Waals surface area contributed by atoms with E-state index in [2.05, 4.69) is 28.2 Å². The van der Waals surface area contributed by atoms with Crippen molar-refractivity contribution in [3.8, 4) is 0 Å². The Morgan fingerprint density at radius 3 is 2.89 bits per heavy atom. The van der Waals surface area contributed by atoms with Crippen LogP contribution in [0.4, 0.5) is 4.39 Å². The number of nitrogens with one attached hydrogen (secondary N) is 1. The Morgan fingerprint density at radius 2 is 2.21 bits per heavy atom. The van der Waals surface area contributed by atoms with Gasteiger partial charge in [-0.3, -0.25) is 0 Å². The van der Waals surface area contributed by atoms with Crippen molar-refractivity contribution in [3.05, 3.63) is 58.2 Å². The van der Waals surface area contributed by atoms with Crippen molar-refractivity contribution in [2.24, 2.45) is 0 Å². The topological polar surface area (TPSA) is 25.2 Å². The zero-order valence-corrected chi connectivity index (χ0v) is 12.4. The number of hydrogen-bond acceptors (Lipinski definition) is 2. The maximum atomic E-state index is 14.0. The Balaban J connectivity index is 2.23. The number of benzene rings is 1. The molecule has 4 heteroatoms. The van der Waals surface area contributed by atoms with Crippen LogP contribution in [-0.4, -0.2) is 6.54 Å². The van der Waals surface area contributed by atoms with Crippen molar-refractivity contribution in [3.63, 3.8) is 0 Å². The Labute approximate surface area is 121 Å². The molecule has 0 saturated carbocycles. The maximum Gasteiger partial charge on any atom is 0.128 e. The van der Waals surface area contributed by atoms with Crippen LogP contribution in [-0.2, 0) is 6.42 Å². The van der Waals surface area contributed by atoms with Gasteiger partial charge in [0.2, 0.25) is 0 Å². The van der Waals surface area contributed by atoms with Crippen LogP contribution in [0.15, 0.2) is 45.7 Å². The van der Waals surface area contributed by atoms with Gasteiger partial charge in [-0.15, -0.1) is 0 Å². The molecular weight excluding hydrogens is 309 g/mol. The standard InChI is InChI=1S/C15H17BrFNO/c1-2-6-18-15(8-11-5-7-19-10-11)13-9-12(16)3-4-14(13)17/h3-5,7,9-10,15,18H,2,6,8H2,1H3. The summed E-state index contributed by atoms with van der Waals surface area (Å²) < 4.78 is 20.0. The van der Waals surface area contributed by atoms with E-state index in [9.17, 15) is 4.39 Å². The fraction of sp³-hybridized carbons (Fsp3) is 0.333. The Kier molecular flexibility index (Phi) is 5.16. The smallest absolute Gasteiger partial charge is 0.128 e. The first kappa shape index (κ1) is 14.3. The van der Waals surface area contributed by atoms with Gasteiger partial charge in [-0.05, 0) is 49.2 Å². The molecule has 1 N–H and O–H groups in total. The Morgan fingerprint density at radius 1 is 1.37 bits per heavy atom. The number of furan rings is 1. The van der Waals surface area contributed by atoms with Gasteiger partial charge in [0.05, 0.1) is 12.5 Å². The molecule has 0 spiro atoms. The molecule has 1 unspecified atom stereocenters. The lowest BCUT2D eigenvalue weighted by Crippen LogP contribution is -2.25. The SMILES string of the molecule is CCCNC(Cc1ccoc1)c1cc(Br)ccc1F. The molecule has 0 amide bonds. The molecular formula is C15H17BrFNO. The number of rotatable bonds is 6. The predicted molar refractivity (Wildman–Crippen MR) is 77.5 cm³/mol. The van der Waals surface area contributed by atoms with Crippen molar-refractivity contribution >= 4 is 15.9 Å². The molecule has 0 bridgehead atoms. The third-order valence-electron chi connectivity index (χ3n) is 2.99. The highest BCUT2D eigenvalue weighted by atomic mass is 79.9. The highest BCUT2D eigenvalue weighted by Gasteiger charge is 2.16. The van der Waals surface area contributed by atoms with E-state index in [1.165, 1.54) is 6.07 Å². The molecule has 1 atom stereocenters. The molecule has 0 aliphatic rings. The summed E-state index contributed by atoms with van der Waals surface area (Å²) in [6, 6.07) is 6.91. The van der Waals surface area contributed by atoms with E-state index in [0.29, 0.717) is 12.0 Å². The first-order valence-electron chi connectivity index (χ1n) is 6.40. The van der Waals surface area contributed by atoms with E-state index in [1.807, 2.05) is 12.1 Å². The van der Waals surface area contributed by atoms with E-state index in [4.69, 9.17) is 4.42 Å². The molecule has 2 aromatic rings. The van der Waals surface area contributed by atoms with Gasteiger partial charge >= 0.3 is 0 Å². The predicted octanol–water partition coefficient (Wildman–Crippen LogP) is 4.46. The lowest BCUT2D eigenvalue weighted by atomic mass is 10.00. The minimum Gasteiger partial charge on any atom is -0.472 e. The Bertz CT molecular complexity index is 513. The molecule has 1 aromatic heterocycles. The van der Waals surface area contributed by atoms with Gasteiger partial charge < -0.3 is 9.73 Å². The second kappa shape index (κ2) is 6.87. The summed E-state index contributed by atoms with van der Waals surface area (Å²) in [5.41, 5.74) is 1.75. The molecule has 2 rings (SSSR count). The van der Waals surface area contributed by atoms with E-state index < -0.39 is 0 Å². The molecule has 19 heavy (non-hydrogen) atoms. The van der Waals surface area contributed by atoms with E-state index in [1.54, 1.807) is 18.6 Å². The van der Waals surface area contributed by atoms with Crippen LogP contribution in [0, 0.1) is 5.82 Å². The summed E-state index contributed by atoms with van der Waals surface area (Å²) in [5.74, 6) is -0.180. The average molecular weight is 326 g/mol. The quantitative estimate of drug-likeness (QED) is 0.847. The summed E-state index contributed by atoms with van der Waals surface area (Å²) >= 11 is 3.40. The van der Waals surface area contributed by atoms with Crippen LogP contribution in [0.2, 0.25) is 0 Å². The van der Waals surface area contributed by atoms with Gasteiger partial charge in [-0.1, -0.05) is 22.9 Å². The van der Waals surface area contributed by atoms with Gasteiger partial charge in [0, 0.05) is 16.1 Å². The fourth-order valence-electron chi connectivity index (χ4n) is 2.04. The van der Waals surface area contributed by atoms with Crippen LogP contribution in [0.5, 0.6) is 0 Å². The summed E-state index contributed by atoms with van der Waals surface area (Å²) in [6.45, 7) is 2.95. The normalized spacial score (nSPS) is 12.6.